The Labute approximate surface area is 72.6 Å². The molecule has 7 heteroatoms. The van der Waals surface area contributed by atoms with Crippen molar-refractivity contribution in [3.63, 3.8) is 0 Å². The molecule has 10 heavy (non-hydrogen) atoms. The maximum absolute atomic E-state index is 4.16. The van der Waals surface area contributed by atoms with Gasteiger partial charge in [0.1, 0.15) is 0 Å². The van der Waals surface area contributed by atoms with E-state index in [-0.39, 0.29) is 0 Å². The lowest BCUT2D eigenvalue weighted by Gasteiger charge is -2.26. The average molecular weight is 215 g/mol. The van der Waals surface area contributed by atoms with Crippen LogP contribution in [-0.2, 0) is 0 Å². The molecule has 1 aliphatic rings. The van der Waals surface area contributed by atoms with Gasteiger partial charge in [-0.15, -0.1) is 0 Å². The zero-order valence-corrected chi connectivity index (χ0v) is 9.41. The second kappa shape index (κ2) is 6.08. The van der Waals surface area contributed by atoms with Crippen molar-refractivity contribution in [2.75, 3.05) is 12.3 Å². The molecule has 1 rings (SSSR count). The van der Waals surface area contributed by atoms with E-state index in [4.69, 9.17) is 0 Å². The lowest BCUT2D eigenvalue weighted by molar-refractivity contribution is 0.691. The van der Waals surface area contributed by atoms with Crippen LogP contribution in [0.1, 0.15) is 6.42 Å². The maximum Gasteiger partial charge on any atom is 0.0302 e. The zero-order valence-electron chi connectivity index (χ0n) is 5.52. The molecule has 2 N–H and O–H groups in total. The molecule has 0 aromatic rings. The summed E-state index contributed by atoms with van der Waals surface area (Å²) in [6.07, 6.45) is 1.19. The number of thiol groups is 1. The van der Waals surface area contributed by atoms with E-state index in [2.05, 4.69) is 26.8 Å². The summed E-state index contributed by atoms with van der Waals surface area (Å²) in [6.45, 7) is 1.17. The molecule has 2 unspecified atom stereocenters. The van der Waals surface area contributed by atoms with Crippen LogP contribution in [0.25, 0.3) is 0 Å². The van der Waals surface area contributed by atoms with E-state index in [1.807, 2.05) is 0 Å². The van der Waals surface area contributed by atoms with Crippen LogP contribution in [0.15, 0.2) is 0 Å². The van der Waals surface area contributed by atoms with Crippen LogP contribution in [0, 0.1) is 0 Å². The highest BCUT2D eigenvalue weighted by Crippen LogP contribution is 2.36. The van der Waals surface area contributed by atoms with Crippen molar-refractivity contribution in [1.29, 1.82) is 0 Å². The first-order chi connectivity index (χ1) is 4.93. The molecule has 3 nitrogen and oxygen atoms in total. The minimum Gasteiger partial charge on any atom is -0.253 e. The van der Waals surface area contributed by atoms with Crippen molar-refractivity contribution >= 4 is 39.3 Å². The fraction of sp³-hybridized carbons (Fsp3) is 1.00. The highest BCUT2D eigenvalue weighted by molar-refractivity contribution is 7.80. The third kappa shape index (κ3) is 3.78. The summed E-state index contributed by atoms with van der Waals surface area (Å²) >= 11 is 4.16. The minimum atomic E-state index is 0.757. The topological polar surface area (TPSA) is 27.3 Å². The number of hydrogen-bond donors (Lipinski definition) is 3. The molecule has 1 heterocycles. The van der Waals surface area contributed by atoms with E-state index in [0.717, 1.165) is 32.4 Å². The molecule has 0 saturated carbocycles. The molecule has 0 amide bonds. The van der Waals surface area contributed by atoms with Gasteiger partial charge in [-0.25, -0.2) is 4.44 Å². The van der Waals surface area contributed by atoms with Gasteiger partial charge in [-0.3, -0.25) is 9.72 Å². The Balaban J connectivity index is 2.02. The Morgan fingerprint density at radius 1 is 1.30 bits per heavy atom. The van der Waals surface area contributed by atoms with Gasteiger partial charge in [-0.1, -0.05) is 0 Å². The van der Waals surface area contributed by atoms with E-state index in [1.54, 1.807) is 0 Å². The fourth-order valence-corrected chi connectivity index (χ4v) is 4.84. The van der Waals surface area contributed by atoms with Crippen molar-refractivity contribution < 1.29 is 0 Å². The number of rotatable bonds is 3. The summed E-state index contributed by atoms with van der Waals surface area (Å²) < 4.78 is 2.40. The van der Waals surface area contributed by atoms with Crippen LogP contribution >= 0.6 is 39.3 Å². The van der Waals surface area contributed by atoms with Crippen molar-refractivity contribution in [2.24, 2.45) is 0 Å². The van der Waals surface area contributed by atoms with Crippen LogP contribution < -0.4 is 9.72 Å². The lowest BCUT2D eigenvalue weighted by atomic mass is 10.5. The highest BCUT2D eigenvalue weighted by Gasteiger charge is 2.06. The van der Waals surface area contributed by atoms with Gasteiger partial charge in [0.2, 0.25) is 0 Å². The van der Waals surface area contributed by atoms with E-state index in [1.165, 1.54) is 13.0 Å². The van der Waals surface area contributed by atoms with E-state index >= 15 is 0 Å². The Morgan fingerprint density at radius 3 is 2.60 bits per heavy atom. The van der Waals surface area contributed by atoms with Gasteiger partial charge in [0.05, 0.1) is 0 Å². The number of nitrogens with zero attached hydrogens (tertiary/aromatic N) is 1. The largest absolute Gasteiger partial charge is 0.253 e. The quantitative estimate of drug-likeness (QED) is 0.489. The number of hydrogen-bond acceptors (Lipinski definition) is 4. The first-order valence-electron chi connectivity index (χ1n) is 3.08. The Kier molecular flexibility index (Phi) is 5.84. The predicted molar refractivity (Wildman–Crippen MR) is 56.4 cm³/mol. The fourth-order valence-electron chi connectivity index (χ4n) is 0.591. The number of nitrogens with one attached hydrogen (secondary N) is 2. The molecule has 0 radical (unpaired) electrons. The van der Waals surface area contributed by atoms with E-state index < -0.39 is 0 Å². The zero-order chi connectivity index (χ0) is 7.23. The molecule has 1 aliphatic heterocycles. The highest BCUT2D eigenvalue weighted by atomic mass is 32.1. The molecule has 0 aromatic carbocycles. The van der Waals surface area contributed by atoms with Crippen molar-refractivity contribution in [3.8, 4) is 0 Å². The molecule has 2 atom stereocenters. The van der Waals surface area contributed by atoms with Crippen LogP contribution in [0.5, 0.6) is 0 Å². The summed E-state index contributed by atoms with van der Waals surface area (Å²) in [4.78, 5) is 6.59. The minimum absolute atomic E-state index is 0.757. The molecule has 60 valence electrons. The van der Waals surface area contributed by atoms with Gasteiger partial charge in [0.25, 0.3) is 0 Å². The first-order valence-corrected chi connectivity index (χ1v) is 6.61. The monoisotopic (exact) mass is 215 g/mol. The van der Waals surface area contributed by atoms with Gasteiger partial charge in [0, 0.05) is 33.2 Å². The SMILES string of the molecule is SCCCN1PNPNP1. The second-order valence-electron chi connectivity index (χ2n) is 1.83. The van der Waals surface area contributed by atoms with Gasteiger partial charge in [-0.05, 0) is 12.2 Å². The maximum atomic E-state index is 4.16. The third-order valence-electron chi connectivity index (χ3n) is 1.05. The summed E-state index contributed by atoms with van der Waals surface area (Å²) in [5.41, 5.74) is 0. The average Bonchev–Trinajstić information content (AvgIpc) is 2.03. The van der Waals surface area contributed by atoms with E-state index in [9.17, 15) is 0 Å². The van der Waals surface area contributed by atoms with Crippen molar-refractivity contribution in [2.45, 2.75) is 6.42 Å². The van der Waals surface area contributed by atoms with Crippen LogP contribution in [0.3, 0.4) is 0 Å². The molecule has 0 aliphatic carbocycles. The van der Waals surface area contributed by atoms with Crippen LogP contribution in [0.2, 0.25) is 0 Å². The van der Waals surface area contributed by atoms with Gasteiger partial charge in [-0.2, -0.15) is 12.6 Å². The summed E-state index contributed by atoms with van der Waals surface area (Å²) in [7, 11) is 2.39. The molecule has 1 saturated heterocycles. The predicted octanol–water partition coefficient (Wildman–Crippen LogP) is 1.33. The summed E-state index contributed by atoms with van der Waals surface area (Å²) in [5.74, 6) is 0.994. The van der Waals surface area contributed by atoms with Gasteiger partial charge >= 0.3 is 0 Å². The van der Waals surface area contributed by atoms with Crippen molar-refractivity contribution in [3.05, 3.63) is 0 Å². The molecular weight excluding hydrogens is 203 g/mol. The second-order valence-corrected chi connectivity index (χ2v) is 6.50. The molecule has 0 bridgehead atoms. The van der Waals surface area contributed by atoms with Gasteiger partial charge in [0.15, 0.2) is 0 Å². The normalized spacial score (nSPS) is 28.5. The smallest absolute Gasteiger partial charge is 0.0302 e. The van der Waals surface area contributed by atoms with Crippen LogP contribution in [-0.4, -0.2) is 16.7 Å². The lowest BCUT2D eigenvalue weighted by Crippen LogP contribution is -2.17. The Bertz CT molecular complexity index is 89.1. The standard InChI is InChI=1S/C3H12N3P3S/c10-3-1-2-6-8-4-7-5-9-6/h4-5,7-10H,1-3H2. The Hall–Kier alpha value is 1.52. The van der Waals surface area contributed by atoms with E-state index in [0.29, 0.717) is 0 Å². The van der Waals surface area contributed by atoms with Crippen LogP contribution in [0.4, 0.5) is 0 Å². The van der Waals surface area contributed by atoms with Crippen molar-refractivity contribution in [1.82, 2.24) is 14.2 Å². The van der Waals surface area contributed by atoms with Gasteiger partial charge < -0.3 is 0 Å². The summed E-state index contributed by atoms with van der Waals surface area (Å²) in [6, 6.07) is 0. The molecular formula is C3H12N3P3S. The molecule has 0 spiro atoms. The molecule has 1 fully saturated rings. The third-order valence-corrected chi connectivity index (χ3v) is 4.92. The first kappa shape index (κ1) is 9.61. The molecule has 0 aromatic heterocycles. The summed E-state index contributed by atoms with van der Waals surface area (Å²) in [5, 5.41) is 0. The Morgan fingerprint density at radius 2 is 2.00 bits per heavy atom.